The van der Waals surface area contributed by atoms with Gasteiger partial charge >= 0.3 is 0 Å². The topological polar surface area (TPSA) is 30.5 Å². The summed E-state index contributed by atoms with van der Waals surface area (Å²) in [7, 11) is 0. The van der Waals surface area contributed by atoms with Gasteiger partial charge in [0.2, 0.25) is 0 Å². The van der Waals surface area contributed by atoms with Gasteiger partial charge in [-0.25, -0.2) is 0 Å². The number of rotatable bonds is 8. The molecule has 1 aliphatic rings. The van der Waals surface area contributed by atoms with Crippen LogP contribution in [0, 0.1) is 5.92 Å². The Balaban J connectivity index is 1.79. The molecule has 0 saturated carbocycles. The van der Waals surface area contributed by atoms with Crippen LogP contribution in [0.25, 0.3) is 0 Å². The molecule has 1 aliphatic heterocycles. The van der Waals surface area contributed by atoms with Gasteiger partial charge in [-0.05, 0) is 31.7 Å². The molecular formula is C12H25NO2. The minimum Gasteiger partial charge on any atom is -0.381 e. The largest absolute Gasteiger partial charge is 0.381 e. The highest BCUT2D eigenvalue weighted by Gasteiger charge is 2.12. The molecule has 0 aromatic rings. The third kappa shape index (κ3) is 6.88. The lowest BCUT2D eigenvalue weighted by Crippen LogP contribution is -2.30. The highest BCUT2D eigenvalue weighted by atomic mass is 16.5. The van der Waals surface area contributed by atoms with Gasteiger partial charge in [0.05, 0.1) is 6.61 Å². The molecule has 1 fully saturated rings. The SMILES string of the molecule is CCCCOCCNCC1CCOCC1. The van der Waals surface area contributed by atoms with Crippen molar-refractivity contribution in [2.45, 2.75) is 32.6 Å². The third-order valence-corrected chi connectivity index (χ3v) is 2.84. The summed E-state index contributed by atoms with van der Waals surface area (Å²) in [4.78, 5) is 0. The fraction of sp³-hybridized carbons (Fsp3) is 1.00. The molecule has 1 saturated heterocycles. The molecule has 15 heavy (non-hydrogen) atoms. The van der Waals surface area contributed by atoms with Crippen molar-refractivity contribution in [3.05, 3.63) is 0 Å². The Labute approximate surface area is 93.5 Å². The van der Waals surface area contributed by atoms with Gasteiger partial charge in [-0.3, -0.25) is 0 Å². The quantitative estimate of drug-likeness (QED) is 0.627. The first-order valence-electron chi connectivity index (χ1n) is 6.29. The van der Waals surface area contributed by atoms with Gasteiger partial charge in [-0.15, -0.1) is 0 Å². The summed E-state index contributed by atoms with van der Waals surface area (Å²) in [5.41, 5.74) is 0. The van der Waals surface area contributed by atoms with E-state index in [2.05, 4.69) is 12.2 Å². The molecule has 1 heterocycles. The third-order valence-electron chi connectivity index (χ3n) is 2.84. The first kappa shape index (κ1) is 12.9. The van der Waals surface area contributed by atoms with E-state index in [1.54, 1.807) is 0 Å². The molecular weight excluding hydrogens is 190 g/mol. The smallest absolute Gasteiger partial charge is 0.0590 e. The first-order chi connectivity index (χ1) is 7.43. The van der Waals surface area contributed by atoms with Gasteiger partial charge in [-0.1, -0.05) is 13.3 Å². The molecule has 1 N–H and O–H groups in total. The standard InChI is InChI=1S/C12H25NO2/c1-2-3-7-14-10-6-13-11-12-4-8-15-9-5-12/h12-13H,2-11H2,1H3. The number of hydrogen-bond donors (Lipinski definition) is 1. The number of nitrogens with one attached hydrogen (secondary N) is 1. The van der Waals surface area contributed by atoms with Gasteiger partial charge in [-0.2, -0.15) is 0 Å². The fourth-order valence-electron chi connectivity index (χ4n) is 1.75. The van der Waals surface area contributed by atoms with E-state index in [0.29, 0.717) is 0 Å². The molecule has 0 amide bonds. The molecule has 90 valence electrons. The molecule has 1 rings (SSSR count). The molecule has 3 heteroatoms. The Bertz CT molecular complexity index is 136. The van der Waals surface area contributed by atoms with Crippen LogP contribution in [0.3, 0.4) is 0 Å². The van der Waals surface area contributed by atoms with E-state index < -0.39 is 0 Å². The molecule has 0 aliphatic carbocycles. The van der Waals surface area contributed by atoms with E-state index in [1.807, 2.05) is 0 Å². The van der Waals surface area contributed by atoms with Crippen LogP contribution in [0.15, 0.2) is 0 Å². The van der Waals surface area contributed by atoms with Crippen LogP contribution in [0.4, 0.5) is 0 Å². The second-order valence-electron chi connectivity index (χ2n) is 4.23. The highest BCUT2D eigenvalue weighted by Crippen LogP contribution is 2.12. The Morgan fingerprint density at radius 1 is 1.27 bits per heavy atom. The maximum atomic E-state index is 5.48. The normalized spacial score (nSPS) is 18.2. The second-order valence-corrected chi connectivity index (χ2v) is 4.23. The van der Waals surface area contributed by atoms with Crippen LogP contribution in [-0.2, 0) is 9.47 Å². The lowest BCUT2D eigenvalue weighted by atomic mass is 10.0. The molecule has 0 aromatic carbocycles. The van der Waals surface area contributed by atoms with Crippen LogP contribution in [-0.4, -0.2) is 39.5 Å². The van der Waals surface area contributed by atoms with Gasteiger partial charge in [0.1, 0.15) is 0 Å². The van der Waals surface area contributed by atoms with Gasteiger partial charge in [0.15, 0.2) is 0 Å². The van der Waals surface area contributed by atoms with Crippen molar-refractivity contribution in [1.82, 2.24) is 5.32 Å². The zero-order chi connectivity index (χ0) is 10.8. The molecule has 0 unspecified atom stereocenters. The van der Waals surface area contributed by atoms with Crippen molar-refractivity contribution < 1.29 is 9.47 Å². The van der Waals surface area contributed by atoms with E-state index in [0.717, 1.165) is 45.4 Å². The molecule has 0 spiro atoms. The van der Waals surface area contributed by atoms with E-state index in [4.69, 9.17) is 9.47 Å². The van der Waals surface area contributed by atoms with Crippen molar-refractivity contribution in [1.29, 1.82) is 0 Å². The van der Waals surface area contributed by atoms with E-state index >= 15 is 0 Å². The monoisotopic (exact) mass is 215 g/mol. The van der Waals surface area contributed by atoms with Gasteiger partial charge < -0.3 is 14.8 Å². The van der Waals surface area contributed by atoms with Crippen LogP contribution in [0.2, 0.25) is 0 Å². The average Bonchev–Trinajstić information content (AvgIpc) is 2.29. The van der Waals surface area contributed by atoms with Crippen molar-refractivity contribution >= 4 is 0 Å². The summed E-state index contributed by atoms with van der Waals surface area (Å²) in [6.45, 7) is 7.95. The maximum Gasteiger partial charge on any atom is 0.0590 e. The summed E-state index contributed by atoms with van der Waals surface area (Å²) in [6.07, 6.45) is 4.82. The number of unbranched alkanes of at least 4 members (excludes halogenated alkanes) is 1. The Hall–Kier alpha value is -0.120. The minimum atomic E-state index is 0.814. The van der Waals surface area contributed by atoms with Crippen molar-refractivity contribution in [3.8, 4) is 0 Å². The summed E-state index contributed by atoms with van der Waals surface area (Å²) < 4.78 is 10.8. The number of hydrogen-bond acceptors (Lipinski definition) is 3. The summed E-state index contributed by atoms with van der Waals surface area (Å²) in [5.74, 6) is 0.814. The van der Waals surface area contributed by atoms with Crippen molar-refractivity contribution in [3.63, 3.8) is 0 Å². The average molecular weight is 215 g/mol. The van der Waals surface area contributed by atoms with Gasteiger partial charge in [0, 0.05) is 26.4 Å². The molecule has 3 nitrogen and oxygen atoms in total. The molecule has 0 radical (unpaired) electrons. The Morgan fingerprint density at radius 2 is 2.07 bits per heavy atom. The van der Waals surface area contributed by atoms with Crippen molar-refractivity contribution in [2.24, 2.45) is 5.92 Å². The van der Waals surface area contributed by atoms with Gasteiger partial charge in [0.25, 0.3) is 0 Å². The summed E-state index contributed by atoms with van der Waals surface area (Å²) in [6, 6.07) is 0. The first-order valence-corrected chi connectivity index (χ1v) is 6.29. The van der Waals surface area contributed by atoms with Crippen LogP contribution < -0.4 is 5.32 Å². The van der Waals surface area contributed by atoms with Crippen LogP contribution in [0.1, 0.15) is 32.6 Å². The number of ether oxygens (including phenoxy) is 2. The summed E-state index contributed by atoms with van der Waals surface area (Å²) >= 11 is 0. The molecule has 0 bridgehead atoms. The lowest BCUT2D eigenvalue weighted by Gasteiger charge is -2.22. The molecule has 0 atom stereocenters. The summed E-state index contributed by atoms with van der Waals surface area (Å²) in [5, 5.41) is 3.45. The van der Waals surface area contributed by atoms with Crippen LogP contribution in [0.5, 0.6) is 0 Å². The van der Waals surface area contributed by atoms with Crippen LogP contribution >= 0.6 is 0 Å². The zero-order valence-electron chi connectivity index (χ0n) is 9.96. The maximum absolute atomic E-state index is 5.48. The Morgan fingerprint density at radius 3 is 2.80 bits per heavy atom. The van der Waals surface area contributed by atoms with E-state index in [-0.39, 0.29) is 0 Å². The van der Waals surface area contributed by atoms with Crippen molar-refractivity contribution in [2.75, 3.05) is 39.5 Å². The minimum absolute atomic E-state index is 0.814. The fourth-order valence-corrected chi connectivity index (χ4v) is 1.75. The second kappa shape index (κ2) is 9.13. The Kier molecular flexibility index (Phi) is 7.88. The molecule has 0 aromatic heterocycles. The highest BCUT2D eigenvalue weighted by molar-refractivity contribution is 4.65. The predicted octanol–water partition coefficient (Wildman–Crippen LogP) is 1.82. The van der Waals surface area contributed by atoms with E-state index in [1.165, 1.54) is 25.7 Å². The predicted molar refractivity (Wildman–Crippen MR) is 62.1 cm³/mol. The lowest BCUT2D eigenvalue weighted by molar-refractivity contribution is 0.0651. The van der Waals surface area contributed by atoms with E-state index in [9.17, 15) is 0 Å². The zero-order valence-corrected chi connectivity index (χ0v) is 9.96.